The zero-order chi connectivity index (χ0) is 17.2. The van der Waals surface area contributed by atoms with E-state index in [1.54, 1.807) is 13.8 Å². The minimum Gasteiger partial charge on any atom is -0.464 e. The third kappa shape index (κ3) is 5.93. The fraction of sp³-hybridized carbons (Fsp3) is 0.556. The zero-order valence-electron chi connectivity index (χ0n) is 14.5. The van der Waals surface area contributed by atoms with E-state index in [1.165, 1.54) is 4.90 Å². The van der Waals surface area contributed by atoms with Gasteiger partial charge in [-0.3, -0.25) is 4.90 Å². The molecule has 23 heavy (non-hydrogen) atoms. The summed E-state index contributed by atoms with van der Waals surface area (Å²) in [5.41, 5.74) is 2.14. The van der Waals surface area contributed by atoms with Crippen molar-refractivity contribution in [3.8, 4) is 0 Å². The molecule has 1 rings (SSSR count). The normalized spacial score (nSPS) is 11.7. The van der Waals surface area contributed by atoms with E-state index >= 15 is 0 Å². The molecule has 5 nitrogen and oxygen atoms in total. The number of benzene rings is 1. The molecule has 0 N–H and O–H groups in total. The number of hydrogen-bond acceptors (Lipinski definition) is 4. The average molecular weight is 321 g/mol. The summed E-state index contributed by atoms with van der Waals surface area (Å²) in [5, 5.41) is 0. The Balaban J connectivity index is 3.02. The predicted molar refractivity (Wildman–Crippen MR) is 89.3 cm³/mol. The van der Waals surface area contributed by atoms with Crippen LogP contribution in [0.3, 0.4) is 0 Å². The van der Waals surface area contributed by atoms with Crippen LogP contribution in [-0.4, -0.2) is 42.8 Å². The number of carbonyl (C=O) groups excluding carboxylic acids is 2. The van der Waals surface area contributed by atoms with Gasteiger partial charge in [-0.1, -0.05) is 36.8 Å². The summed E-state index contributed by atoms with van der Waals surface area (Å²) < 4.78 is 10.3. The van der Waals surface area contributed by atoms with Crippen LogP contribution in [0, 0.1) is 6.92 Å². The van der Waals surface area contributed by atoms with Gasteiger partial charge >= 0.3 is 12.1 Å². The van der Waals surface area contributed by atoms with E-state index in [0.29, 0.717) is 13.0 Å². The molecule has 0 aromatic heterocycles. The fourth-order valence-electron chi connectivity index (χ4n) is 2.33. The van der Waals surface area contributed by atoms with Crippen LogP contribution in [0.2, 0.25) is 0 Å². The lowest BCUT2D eigenvalue weighted by Crippen LogP contribution is -2.47. The minimum absolute atomic E-state index is 0.277. The number of esters is 1. The van der Waals surface area contributed by atoms with Gasteiger partial charge in [-0.05, 0) is 32.8 Å². The van der Waals surface area contributed by atoms with Crippen LogP contribution in [-0.2, 0) is 20.7 Å². The highest BCUT2D eigenvalue weighted by molar-refractivity contribution is 5.81. The van der Waals surface area contributed by atoms with Gasteiger partial charge in [-0.2, -0.15) is 0 Å². The molecule has 0 bridgehead atoms. The van der Waals surface area contributed by atoms with E-state index in [0.717, 1.165) is 17.5 Å². The summed E-state index contributed by atoms with van der Waals surface area (Å²) in [6.07, 6.45) is 0.681. The van der Waals surface area contributed by atoms with Gasteiger partial charge < -0.3 is 9.47 Å². The van der Waals surface area contributed by atoms with Crippen molar-refractivity contribution in [1.29, 1.82) is 0 Å². The van der Waals surface area contributed by atoms with E-state index in [9.17, 15) is 9.59 Å². The molecule has 0 aliphatic heterocycles. The monoisotopic (exact) mass is 321 g/mol. The van der Waals surface area contributed by atoms with Gasteiger partial charge in [-0.15, -0.1) is 0 Å². The summed E-state index contributed by atoms with van der Waals surface area (Å²) in [4.78, 5) is 26.1. The zero-order valence-corrected chi connectivity index (χ0v) is 14.5. The Morgan fingerprint density at radius 1 is 1.04 bits per heavy atom. The molecule has 0 heterocycles. The van der Waals surface area contributed by atoms with E-state index in [-0.39, 0.29) is 13.2 Å². The average Bonchev–Trinajstić information content (AvgIpc) is 2.53. The van der Waals surface area contributed by atoms with Crippen LogP contribution in [0.4, 0.5) is 4.79 Å². The fourth-order valence-corrected chi connectivity index (χ4v) is 2.33. The van der Waals surface area contributed by atoms with Crippen LogP contribution in [0.1, 0.15) is 38.3 Å². The molecular weight excluding hydrogens is 294 g/mol. The molecule has 1 unspecified atom stereocenters. The Bertz CT molecular complexity index is 498. The van der Waals surface area contributed by atoms with Crippen molar-refractivity contribution in [1.82, 2.24) is 4.90 Å². The number of nitrogens with zero attached hydrogens (tertiary/aromatic N) is 1. The second-order valence-electron chi connectivity index (χ2n) is 5.35. The lowest BCUT2D eigenvalue weighted by molar-refractivity contribution is -0.149. The first-order valence-electron chi connectivity index (χ1n) is 8.19. The molecule has 0 saturated carbocycles. The van der Waals surface area contributed by atoms with Crippen molar-refractivity contribution in [2.45, 2.75) is 46.6 Å². The van der Waals surface area contributed by atoms with Gasteiger partial charge in [-0.25, -0.2) is 9.59 Å². The lowest BCUT2D eigenvalue weighted by atomic mass is 10.0. The molecule has 0 radical (unpaired) electrons. The summed E-state index contributed by atoms with van der Waals surface area (Å²) in [6.45, 7) is 8.49. The molecule has 0 saturated heterocycles. The third-order valence-corrected chi connectivity index (χ3v) is 3.45. The molecule has 1 aromatic rings. The quantitative estimate of drug-likeness (QED) is 0.689. The number of amides is 1. The lowest BCUT2D eigenvalue weighted by Gasteiger charge is -2.29. The number of ether oxygens (including phenoxy) is 2. The molecule has 0 spiro atoms. The third-order valence-electron chi connectivity index (χ3n) is 3.45. The Labute approximate surface area is 138 Å². The summed E-state index contributed by atoms with van der Waals surface area (Å²) >= 11 is 0. The summed E-state index contributed by atoms with van der Waals surface area (Å²) in [6, 6.07) is 7.25. The number of hydrogen-bond donors (Lipinski definition) is 0. The van der Waals surface area contributed by atoms with E-state index < -0.39 is 18.1 Å². The van der Waals surface area contributed by atoms with Crippen molar-refractivity contribution in [2.24, 2.45) is 0 Å². The van der Waals surface area contributed by atoms with E-state index in [4.69, 9.17) is 9.47 Å². The summed E-state index contributed by atoms with van der Waals surface area (Å²) in [7, 11) is 0. The van der Waals surface area contributed by atoms with Gasteiger partial charge in [0.05, 0.1) is 13.2 Å². The first-order chi connectivity index (χ1) is 11.0. The first kappa shape index (κ1) is 19.0. The Morgan fingerprint density at radius 2 is 1.65 bits per heavy atom. The molecule has 0 fully saturated rings. The topological polar surface area (TPSA) is 55.8 Å². The smallest absolute Gasteiger partial charge is 0.410 e. The summed E-state index contributed by atoms with van der Waals surface area (Å²) in [5.74, 6) is -0.394. The van der Waals surface area contributed by atoms with Crippen molar-refractivity contribution >= 4 is 12.1 Å². The first-order valence-corrected chi connectivity index (χ1v) is 8.19. The molecule has 1 aromatic carbocycles. The number of aryl methyl sites for hydroxylation is 1. The Kier molecular flexibility index (Phi) is 8.16. The maximum atomic E-state index is 12.4. The number of carbonyl (C=O) groups is 2. The van der Waals surface area contributed by atoms with Gasteiger partial charge in [0.1, 0.15) is 6.04 Å². The molecule has 0 aliphatic carbocycles. The molecule has 0 aliphatic rings. The predicted octanol–water partition coefficient (Wildman–Crippen LogP) is 3.34. The Morgan fingerprint density at radius 3 is 2.17 bits per heavy atom. The van der Waals surface area contributed by atoms with Crippen LogP contribution >= 0.6 is 0 Å². The van der Waals surface area contributed by atoms with Crippen LogP contribution in [0.25, 0.3) is 0 Å². The standard InChI is InChI=1S/C18H27NO4/c1-5-12-19(18(21)23-7-3)16(17(20)22-6-2)13-15-10-8-14(4)9-11-15/h8-11,16H,5-7,12-13H2,1-4H3. The second-order valence-corrected chi connectivity index (χ2v) is 5.35. The molecule has 1 atom stereocenters. The van der Waals surface area contributed by atoms with Crippen molar-refractivity contribution < 1.29 is 19.1 Å². The van der Waals surface area contributed by atoms with Crippen molar-refractivity contribution in [3.05, 3.63) is 35.4 Å². The minimum atomic E-state index is -0.670. The van der Waals surface area contributed by atoms with Crippen LogP contribution < -0.4 is 0 Å². The Hall–Kier alpha value is -2.04. The van der Waals surface area contributed by atoms with Gasteiger partial charge in [0, 0.05) is 13.0 Å². The molecular formula is C18H27NO4. The highest BCUT2D eigenvalue weighted by atomic mass is 16.6. The maximum Gasteiger partial charge on any atom is 0.410 e. The highest BCUT2D eigenvalue weighted by Gasteiger charge is 2.31. The highest BCUT2D eigenvalue weighted by Crippen LogP contribution is 2.14. The van der Waals surface area contributed by atoms with E-state index in [1.807, 2.05) is 38.1 Å². The molecule has 5 heteroatoms. The second kappa shape index (κ2) is 9.87. The van der Waals surface area contributed by atoms with Crippen LogP contribution in [0.5, 0.6) is 0 Å². The maximum absolute atomic E-state index is 12.4. The van der Waals surface area contributed by atoms with E-state index in [2.05, 4.69) is 0 Å². The van der Waals surface area contributed by atoms with Gasteiger partial charge in [0.2, 0.25) is 0 Å². The largest absolute Gasteiger partial charge is 0.464 e. The van der Waals surface area contributed by atoms with Crippen molar-refractivity contribution in [3.63, 3.8) is 0 Å². The number of rotatable bonds is 8. The van der Waals surface area contributed by atoms with Gasteiger partial charge in [0.25, 0.3) is 0 Å². The SMILES string of the molecule is CCCN(C(=O)OCC)C(Cc1ccc(C)cc1)C(=O)OCC. The molecule has 1 amide bonds. The van der Waals surface area contributed by atoms with Crippen molar-refractivity contribution in [2.75, 3.05) is 19.8 Å². The van der Waals surface area contributed by atoms with Gasteiger partial charge in [0.15, 0.2) is 0 Å². The van der Waals surface area contributed by atoms with Crippen LogP contribution in [0.15, 0.2) is 24.3 Å². The molecule has 128 valence electrons.